The van der Waals surface area contributed by atoms with Gasteiger partial charge in [-0.3, -0.25) is 4.79 Å². The average Bonchev–Trinajstić information content (AvgIpc) is 2.84. The van der Waals surface area contributed by atoms with Crippen molar-refractivity contribution in [3.05, 3.63) is 35.4 Å². The molecular formula is C17H21N3O. The third-order valence-electron chi connectivity index (χ3n) is 4.62. The van der Waals surface area contributed by atoms with Gasteiger partial charge in [0.05, 0.1) is 11.6 Å². The van der Waals surface area contributed by atoms with Crippen molar-refractivity contribution < 1.29 is 4.79 Å². The van der Waals surface area contributed by atoms with E-state index >= 15 is 0 Å². The maximum atomic E-state index is 12.1. The van der Waals surface area contributed by atoms with E-state index in [0.717, 1.165) is 18.4 Å². The van der Waals surface area contributed by atoms with E-state index in [1.165, 1.54) is 12.8 Å². The van der Waals surface area contributed by atoms with Crippen molar-refractivity contribution in [3.8, 4) is 6.07 Å². The van der Waals surface area contributed by atoms with Gasteiger partial charge in [0.15, 0.2) is 0 Å². The summed E-state index contributed by atoms with van der Waals surface area (Å²) in [5.74, 6) is 0.676. The molecule has 21 heavy (non-hydrogen) atoms. The molecule has 2 saturated heterocycles. The van der Waals surface area contributed by atoms with Gasteiger partial charge in [-0.2, -0.15) is 5.26 Å². The van der Waals surface area contributed by atoms with Crippen LogP contribution in [0.3, 0.4) is 0 Å². The van der Waals surface area contributed by atoms with Gasteiger partial charge >= 0.3 is 0 Å². The fourth-order valence-electron chi connectivity index (χ4n) is 3.57. The summed E-state index contributed by atoms with van der Waals surface area (Å²) in [5, 5.41) is 15.3. The van der Waals surface area contributed by atoms with Crippen LogP contribution >= 0.6 is 0 Å². The predicted molar refractivity (Wildman–Crippen MR) is 80.3 cm³/mol. The second kappa shape index (κ2) is 6.28. The van der Waals surface area contributed by atoms with Crippen LogP contribution in [0, 0.1) is 17.2 Å². The van der Waals surface area contributed by atoms with Gasteiger partial charge in [-0.1, -0.05) is 12.1 Å². The van der Waals surface area contributed by atoms with E-state index in [2.05, 4.69) is 16.7 Å². The smallest absolute Gasteiger partial charge is 0.220 e. The first-order valence-corrected chi connectivity index (χ1v) is 7.74. The summed E-state index contributed by atoms with van der Waals surface area (Å²) < 4.78 is 0. The molecule has 2 fully saturated rings. The molecule has 0 aromatic heterocycles. The number of piperidine rings is 1. The summed E-state index contributed by atoms with van der Waals surface area (Å²) in [6.45, 7) is 0.544. The highest BCUT2D eigenvalue weighted by molar-refractivity contribution is 5.76. The van der Waals surface area contributed by atoms with Crippen LogP contribution in [-0.2, 0) is 11.3 Å². The molecule has 2 heterocycles. The van der Waals surface area contributed by atoms with E-state index in [-0.39, 0.29) is 5.91 Å². The lowest BCUT2D eigenvalue weighted by atomic mass is 9.89. The summed E-state index contributed by atoms with van der Waals surface area (Å²) in [6.07, 6.45) is 5.47. The Kier molecular flexibility index (Phi) is 4.21. The second-order valence-corrected chi connectivity index (χ2v) is 6.26. The minimum Gasteiger partial charge on any atom is -0.352 e. The SMILES string of the molecule is N#Cc1ccc(CNC(=O)CC2CC3CCC(C2)N3)cc1. The van der Waals surface area contributed by atoms with Crippen molar-refractivity contribution in [3.63, 3.8) is 0 Å². The molecule has 2 atom stereocenters. The van der Waals surface area contributed by atoms with E-state index in [1.807, 2.05) is 12.1 Å². The molecule has 1 amide bonds. The van der Waals surface area contributed by atoms with Crippen molar-refractivity contribution in [2.24, 2.45) is 5.92 Å². The van der Waals surface area contributed by atoms with Gasteiger partial charge in [-0.05, 0) is 49.3 Å². The number of amides is 1. The van der Waals surface area contributed by atoms with Crippen molar-refractivity contribution in [1.82, 2.24) is 10.6 Å². The van der Waals surface area contributed by atoms with Crippen LogP contribution in [0.25, 0.3) is 0 Å². The minimum atomic E-state index is 0.144. The van der Waals surface area contributed by atoms with Gasteiger partial charge in [0.25, 0.3) is 0 Å². The van der Waals surface area contributed by atoms with Crippen molar-refractivity contribution >= 4 is 5.91 Å². The summed E-state index contributed by atoms with van der Waals surface area (Å²) in [5.41, 5.74) is 1.68. The molecule has 1 aromatic carbocycles. The summed E-state index contributed by atoms with van der Waals surface area (Å²) >= 11 is 0. The molecule has 2 unspecified atom stereocenters. The number of nitrogens with zero attached hydrogens (tertiary/aromatic N) is 1. The molecule has 0 saturated carbocycles. The Bertz CT molecular complexity index is 534. The van der Waals surface area contributed by atoms with Gasteiger partial charge in [-0.25, -0.2) is 0 Å². The van der Waals surface area contributed by atoms with E-state index in [1.54, 1.807) is 12.1 Å². The molecule has 3 rings (SSSR count). The second-order valence-electron chi connectivity index (χ2n) is 6.26. The Balaban J connectivity index is 1.45. The number of carbonyl (C=O) groups is 1. The lowest BCUT2D eigenvalue weighted by molar-refractivity contribution is -0.122. The summed E-state index contributed by atoms with van der Waals surface area (Å²) in [7, 11) is 0. The van der Waals surface area contributed by atoms with Crippen LogP contribution in [0.15, 0.2) is 24.3 Å². The molecule has 1 aromatic rings. The zero-order chi connectivity index (χ0) is 14.7. The lowest BCUT2D eigenvalue weighted by Crippen LogP contribution is -2.39. The zero-order valence-electron chi connectivity index (χ0n) is 12.1. The molecule has 0 spiro atoms. The Morgan fingerprint density at radius 2 is 1.90 bits per heavy atom. The summed E-state index contributed by atoms with van der Waals surface area (Å²) in [4.78, 5) is 12.1. The first-order chi connectivity index (χ1) is 10.2. The highest BCUT2D eigenvalue weighted by Gasteiger charge is 2.34. The highest BCUT2D eigenvalue weighted by atomic mass is 16.1. The Hall–Kier alpha value is -1.86. The van der Waals surface area contributed by atoms with E-state index in [9.17, 15) is 4.79 Å². The van der Waals surface area contributed by atoms with Gasteiger partial charge in [0.1, 0.15) is 0 Å². The van der Waals surface area contributed by atoms with Crippen LogP contribution in [0.2, 0.25) is 0 Å². The zero-order valence-corrected chi connectivity index (χ0v) is 12.1. The number of carbonyl (C=O) groups excluding carboxylic acids is 1. The molecule has 2 aliphatic heterocycles. The van der Waals surface area contributed by atoms with Crippen LogP contribution in [-0.4, -0.2) is 18.0 Å². The number of hydrogen-bond acceptors (Lipinski definition) is 3. The average molecular weight is 283 g/mol. The van der Waals surface area contributed by atoms with Crippen molar-refractivity contribution in [2.75, 3.05) is 0 Å². The molecule has 110 valence electrons. The topological polar surface area (TPSA) is 64.9 Å². The fraction of sp³-hybridized carbons (Fsp3) is 0.529. The maximum absolute atomic E-state index is 12.1. The normalized spacial score (nSPS) is 27.1. The Morgan fingerprint density at radius 1 is 1.24 bits per heavy atom. The van der Waals surface area contributed by atoms with Crippen LogP contribution in [0.5, 0.6) is 0 Å². The molecule has 0 aliphatic carbocycles. The van der Waals surface area contributed by atoms with Crippen LogP contribution in [0.1, 0.15) is 43.2 Å². The first kappa shape index (κ1) is 14.1. The minimum absolute atomic E-state index is 0.144. The van der Waals surface area contributed by atoms with Gasteiger partial charge in [0, 0.05) is 25.0 Å². The highest BCUT2D eigenvalue weighted by Crippen LogP contribution is 2.32. The Morgan fingerprint density at radius 3 is 2.52 bits per heavy atom. The first-order valence-electron chi connectivity index (χ1n) is 7.74. The van der Waals surface area contributed by atoms with E-state index < -0.39 is 0 Å². The lowest BCUT2D eigenvalue weighted by Gasteiger charge is -2.28. The third kappa shape index (κ3) is 3.62. The number of nitriles is 1. The van der Waals surface area contributed by atoms with Gasteiger partial charge < -0.3 is 10.6 Å². The largest absolute Gasteiger partial charge is 0.352 e. The van der Waals surface area contributed by atoms with Gasteiger partial charge in [-0.15, -0.1) is 0 Å². The molecule has 2 aliphatic rings. The standard InChI is InChI=1S/C17H21N3O/c18-10-12-1-3-13(4-2-12)11-19-17(21)9-14-7-15-5-6-16(8-14)20-15/h1-4,14-16,20H,5-9,11H2,(H,19,21). The molecule has 4 nitrogen and oxygen atoms in total. The van der Waals surface area contributed by atoms with Crippen molar-refractivity contribution in [2.45, 2.75) is 50.7 Å². The van der Waals surface area contributed by atoms with E-state index in [4.69, 9.17) is 5.26 Å². The molecule has 2 bridgehead atoms. The Labute approximate surface area is 125 Å². The molecular weight excluding hydrogens is 262 g/mol. The van der Waals surface area contributed by atoms with Crippen LogP contribution < -0.4 is 10.6 Å². The predicted octanol–water partition coefficient (Wildman–Crippen LogP) is 2.10. The van der Waals surface area contributed by atoms with Crippen molar-refractivity contribution in [1.29, 1.82) is 5.26 Å². The third-order valence-corrected chi connectivity index (χ3v) is 4.62. The number of nitrogens with one attached hydrogen (secondary N) is 2. The maximum Gasteiger partial charge on any atom is 0.220 e. The van der Waals surface area contributed by atoms with Crippen LogP contribution in [0.4, 0.5) is 0 Å². The molecule has 4 heteroatoms. The fourth-order valence-corrected chi connectivity index (χ4v) is 3.57. The quantitative estimate of drug-likeness (QED) is 0.889. The monoisotopic (exact) mass is 283 g/mol. The number of benzene rings is 1. The molecule has 2 N–H and O–H groups in total. The number of rotatable bonds is 4. The number of fused-ring (bicyclic) bond motifs is 2. The molecule has 0 radical (unpaired) electrons. The van der Waals surface area contributed by atoms with E-state index in [0.29, 0.717) is 36.5 Å². The number of hydrogen-bond donors (Lipinski definition) is 2. The summed E-state index contributed by atoms with van der Waals surface area (Å²) in [6, 6.07) is 10.7. The van der Waals surface area contributed by atoms with Gasteiger partial charge in [0.2, 0.25) is 5.91 Å².